The smallest absolute Gasteiger partial charge is 0.275 e. The van der Waals surface area contributed by atoms with Gasteiger partial charge in [-0.05, 0) is 12.5 Å². The third-order valence-electron chi connectivity index (χ3n) is 3.47. The molecule has 1 aliphatic heterocycles. The lowest BCUT2D eigenvalue weighted by molar-refractivity contribution is -0.385. The van der Waals surface area contributed by atoms with E-state index < -0.39 is 11.0 Å². The Morgan fingerprint density at radius 2 is 2.19 bits per heavy atom. The summed E-state index contributed by atoms with van der Waals surface area (Å²) in [5.74, 6) is -0.553. The monoisotopic (exact) mass is 311 g/mol. The van der Waals surface area contributed by atoms with Crippen molar-refractivity contribution in [2.45, 2.75) is 25.4 Å². The van der Waals surface area contributed by atoms with Gasteiger partial charge in [0, 0.05) is 26.1 Å². The van der Waals surface area contributed by atoms with Gasteiger partial charge in [-0.3, -0.25) is 24.6 Å². The number of nitrogens with one attached hydrogen (secondary N) is 1. The molecule has 21 heavy (non-hydrogen) atoms. The van der Waals surface area contributed by atoms with E-state index in [4.69, 9.17) is 11.6 Å². The second-order valence-corrected chi connectivity index (χ2v) is 5.16. The van der Waals surface area contributed by atoms with Crippen molar-refractivity contribution in [3.63, 3.8) is 0 Å². The Balaban J connectivity index is 2.12. The molecule has 1 fully saturated rings. The molecule has 1 unspecified atom stereocenters. The number of likely N-dealkylation sites (tertiary alicyclic amines) is 1. The minimum atomic E-state index is -0.538. The molecule has 8 heteroatoms. The predicted molar refractivity (Wildman–Crippen MR) is 75.7 cm³/mol. The van der Waals surface area contributed by atoms with E-state index in [0.29, 0.717) is 12.0 Å². The molecule has 0 saturated carbocycles. The van der Waals surface area contributed by atoms with E-state index in [-0.39, 0.29) is 35.5 Å². The molecular formula is C13H14ClN3O4. The molecule has 1 aromatic rings. The van der Waals surface area contributed by atoms with Crippen molar-refractivity contribution < 1.29 is 14.5 Å². The second kappa shape index (κ2) is 6.19. The number of imide groups is 1. The summed E-state index contributed by atoms with van der Waals surface area (Å²) in [7, 11) is 1.43. The number of carbonyl (C=O) groups is 2. The van der Waals surface area contributed by atoms with Gasteiger partial charge in [-0.15, -0.1) is 0 Å². The van der Waals surface area contributed by atoms with E-state index in [1.807, 2.05) is 0 Å². The summed E-state index contributed by atoms with van der Waals surface area (Å²) in [6.45, 7) is 0.0917. The van der Waals surface area contributed by atoms with Crippen molar-refractivity contribution in [2.24, 2.45) is 0 Å². The quantitative estimate of drug-likeness (QED) is 0.516. The minimum Gasteiger partial charge on any atom is -0.301 e. The van der Waals surface area contributed by atoms with Crippen LogP contribution in [0.25, 0.3) is 0 Å². The Morgan fingerprint density at radius 3 is 2.86 bits per heavy atom. The summed E-state index contributed by atoms with van der Waals surface area (Å²) in [6, 6.07) is 3.89. The summed E-state index contributed by atoms with van der Waals surface area (Å²) in [5, 5.41) is 14.2. The van der Waals surface area contributed by atoms with Gasteiger partial charge in [0.15, 0.2) is 0 Å². The molecule has 1 N–H and O–H groups in total. The average Bonchev–Trinajstić information content (AvgIpc) is 2.45. The van der Waals surface area contributed by atoms with E-state index in [1.54, 1.807) is 6.07 Å². The van der Waals surface area contributed by atoms with E-state index in [2.05, 4.69) is 5.32 Å². The Bertz CT molecular complexity index is 605. The lowest BCUT2D eigenvalue weighted by Crippen LogP contribution is -2.51. The Hall–Kier alpha value is -1.99. The molecule has 1 heterocycles. The molecule has 0 aromatic heterocycles. The van der Waals surface area contributed by atoms with E-state index in [0.717, 1.165) is 4.90 Å². The lowest BCUT2D eigenvalue weighted by atomic mass is 10.0. The summed E-state index contributed by atoms with van der Waals surface area (Å²) < 4.78 is 0. The number of piperidine rings is 1. The highest BCUT2D eigenvalue weighted by atomic mass is 35.5. The molecule has 1 aromatic carbocycles. The molecule has 1 atom stereocenters. The van der Waals surface area contributed by atoms with Gasteiger partial charge in [-0.2, -0.15) is 0 Å². The molecular weight excluding hydrogens is 298 g/mol. The minimum absolute atomic E-state index is 0.0917. The van der Waals surface area contributed by atoms with Crippen LogP contribution in [0.1, 0.15) is 18.4 Å². The highest BCUT2D eigenvalue weighted by molar-refractivity contribution is 6.31. The molecule has 1 aliphatic rings. The van der Waals surface area contributed by atoms with Gasteiger partial charge in [0.1, 0.15) is 0 Å². The van der Waals surface area contributed by atoms with Gasteiger partial charge in [-0.1, -0.05) is 17.7 Å². The summed E-state index contributed by atoms with van der Waals surface area (Å²) in [5.41, 5.74) is 0.235. The fourth-order valence-corrected chi connectivity index (χ4v) is 2.46. The molecule has 0 aliphatic carbocycles. The van der Waals surface area contributed by atoms with Crippen molar-refractivity contribution in [3.8, 4) is 0 Å². The maximum atomic E-state index is 11.9. The average molecular weight is 312 g/mol. The summed E-state index contributed by atoms with van der Waals surface area (Å²) in [4.78, 5) is 34.9. The SMILES string of the molecule is CN1C(=O)CCC(NCc2c(Cl)cccc2[N+](=O)[O-])C1=O. The number of benzene rings is 1. The normalized spacial score (nSPS) is 19.0. The number of nitrogens with zero attached hydrogens (tertiary/aromatic N) is 2. The molecule has 1 saturated heterocycles. The first-order valence-electron chi connectivity index (χ1n) is 6.37. The molecule has 0 bridgehead atoms. The number of nitro benzene ring substituents is 1. The van der Waals surface area contributed by atoms with Crippen LogP contribution in [0.2, 0.25) is 5.02 Å². The van der Waals surface area contributed by atoms with Crippen LogP contribution < -0.4 is 5.32 Å². The van der Waals surface area contributed by atoms with Gasteiger partial charge in [0.2, 0.25) is 11.8 Å². The zero-order chi connectivity index (χ0) is 15.6. The van der Waals surface area contributed by atoms with Gasteiger partial charge in [0.05, 0.1) is 21.6 Å². The Kier molecular flexibility index (Phi) is 4.54. The molecule has 2 amide bonds. The van der Waals surface area contributed by atoms with Crippen LogP contribution in [0.5, 0.6) is 0 Å². The maximum absolute atomic E-state index is 11.9. The van der Waals surface area contributed by atoms with Crippen molar-refractivity contribution in [1.82, 2.24) is 10.2 Å². The number of nitro groups is 1. The fourth-order valence-electron chi connectivity index (χ4n) is 2.22. The summed E-state index contributed by atoms with van der Waals surface area (Å²) in [6.07, 6.45) is 0.644. The number of hydrogen-bond acceptors (Lipinski definition) is 5. The lowest BCUT2D eigenvalue weighted by Gasteiger charge is -2.28. The van der Waals surface area contributed by atoms with Gasteiger partial charge in [0.25, 0.3) is 5.69 Å². The highest BCUT2D eigenvalue weighted by Crippen LogP contribution is 2.26. The van der Waals surface area contributed by atoms with Gasteiger partial charge in [-0.25, -0.2) is 0 Å². The standard InChI is InChI=1S/C13H14ClN3O4/c1-16-12(18)6-5-10(13(16)19)15-7-8-9(14)3-2-4-11(8)17(20)21/h2-4,10,15H,5-7H2,1H3. The van der Waals surface area contributed by atoms with E-state index in [1.165, 1.54) is 19.2 Å². The number of carbonyl (C=O) groups excluding carboxylic acids is 2. The number of likely N-dealkylation sites (N-methyl/N-ethyl adjacent to an activating group) is 1. The van der Waals surface area contributed by atoms with Crippen molar-refractivity contribution in [2.75, 3.05) is 7.05 Å². The van der Waals surface area contributed by atoms with Crippen LogP contribution in [0.4, 0.5) is 5.69 Å². The van der Waals surface area contributed by atoms with Crippen LogP contribution in [-0.4, -0.2) is 34.7 Å². The highest BCUT2D eigenvalue weighted by Gasteiger charge is 2.31. The Labute approximate surface area is 126 Å². The molecule has 112 valence electrons. The largest absolute Gasteiger partial charge is 0.301 e. The zero-order valence-corrected chi connectivity index (χ0v) is 12.1. The molecule has 2 rings (SSSR count). The topological polar surface area (TPSA) is 92.6 Å². The number of amides is 2. The van der Waals surface area contributed by atoms with Crippen LogP contribution in [-0.2, 0) is 16.1 Å². The van der Waals surface area contributed by atoms with Crippen LogP contribution >= 0.6 is 11.6 Å². The van der Waals surface area contributed by atoms with E-state index >= 15 is 0 Å². The molecule has 7 nitrogen and oxygen atoms in total. The zero-order valence-electron chi connectivity index (χ0n) is 11.3. The van der Waals surface area contributed by atoms with Crippen LogP contribution in [0.3, 0.4) is 0 Å². The third kappa shape index (κ3) is 3.20. The van der Waals surface area contributed by atoms with Crippen molar-refractivity contribution >= 4 is 29.1 Å². The second-order valence-electron chi connectivity index (χ2n) is 4.76. The third-order valence-corrected chi connectivity index (χ3v) is 3.82. The van der Waals surface area contributed by atoms with Crippen LogP contribution in [0.15, 0.2) is 18.2 Å². The summed E-state index contributed by atoms with van der Waals surface area (Å²) >= 11 is 5.99. The maximum Gasteiger partial charge on any atom is 0.275 e. The first-order valence-corrected chi connectivity index (χ1v) is 6.75. The number of rotatable bonds is 4. The van der Waals surface area contributed by atoms with E-state index in [9.17, 15) is 19.7 Å². The van der Waals surface area contributed by atoms with Crippen LogP contribution in [0, 0.1) is 10.1 Å². The fraction of sp³-hybridized carbons (Fsp3) is 0.385. The van der Waals surface area contributed by atoms with Gasteiger partial charge >= 0.3 is 0 Å². The van der Waals surface area contributed by atoms with Crippen molar-refractivity contribution in [1.29, 1.82) is 0 Å². The Morgan fingerprint density at radius 1 is 1.48 bits per heavy atom. The molecule has 0 spiro atoms. The first-order chi connectivity index (χ1) is 9.91. The van der Waals surface area contributed by atoms with Gasteiger partial charge < -0.3 is 5.32 Å². The number of halogens is 1. The van der Waals surface area contributed by atoms with Crippen molar-refractivity contribution in [3.05, 3.63) is 38.9 Å². The molecule has 0 radical (unpaired) electrons. The predicted octanol–water partition coefficient (Wildman–Crippen LogP) is 1.49. The first kappa shape index (κ1) is 15.4. The number of hydrogen-bond donors (Lipinski definition) is 1.